The van der Waals surface area contributed by atoms with E-state index in [9.17, 15) is 9.59 Å². The van der Waals surface area contributed by atoms with Crippen molar-refractivity contribution >= 4 is 5.91 Å². The number of carbonyl (C=O) groups is 1. The zero-order valence-corrected chi connectivity index (χ0v) is 14.6. The number of hydrogen-bond acceptors (Lipinski definition) is 4. The Morgan fingerprint density at radius 1 is 1.12 bits per heavy atom. The summed E-state index contributed by atoms with van der Waals surface area (Å²) in [5, 5.41) is 7.02. The molecular weight excluding hydrogens is 330 g/mol. The Labute approximate surface area is 151 Å². The monoisotopic (exact) mass is 349 g/mol. The van der Waals surface area contributed by atoms with E-state index in [-0.39, 0.29) is 17.0 Å². The highest BCUT2D eigenvalue weighted by atomic mass is 16.5. The predicted octanol–water partition coefficient (Wildman–Crippen LogP) is 2.48. The molecule has 0 aliphatic heterocycles. The molecule has 3 aromatic rings. The average molecular weight is 349 g/mol. The molecule has 0 saturated heterocycles. The predicted molar refractivity (Wildman–Crippen MR) is 98.7 cm³/mol. The van der Waals surface area contributed by atoms with Crippen LogP contribution in [0.25, 0.3) is 5.69 Å². The first-order valence-electron chi connectivity index (χ1n) is 8.16. The van der Waals surface area contributed by atoms with Gasteiger partial charge in [0.25, 0.3) is 11.5 Å². The molecule has 1 amide bonds. The molecule has 0 saturated carbocycles. The average Bonchev–Trinajstić information content (AvgIpc) is 2.67. The van der Waals surface area contributed by atoms with E-state index in [1.165, 1.54) is 17.9 Å². The van der Waals surface area contributed by atoms with E-state index in [0.29, 0.717) is 12.2 Å². The first-order chi connectivity index (χ1) is 12.6. The molecule has 6 nitrogen and oxygen atoms in total. The minimum Gasteiger partial charge on any atom is -0.494 e. The molecule has 1 aromatic heterocycles. The molecule has 3 rings (SSSR count). The summed E-state index contributed by atoms with van der Waals surface area (Å²) in [5.74, 6) is -0.268. The quantitative estimate of drug-likeness (QED) is 0.768. The third kappa shape index (κ3) is 3.80. The number of para-hydroxylation sites is 1. The molecule has 0 spiro atoms. The highest BCUT2D eigenvalue weighted by Crippen LogP contribution is 2.14. The second-order valence-corrected chi connectivity index (χ2v) is 5.82. The van der Waals surface area contributed by atoms with Gasteiger partial charge < -0.3 is 10.1 Å². The Morgan fingerprint density at radius 3 is 2.46 bits per heavy atom. The topological polar surface area (TPSA) is 73.2 Å². The largest absolute Gasteiger partial charge is 0.494 e. The molecule has 1 N–H and O–H groups in total. The number of nitrogens with zero attached hydrogens (tertiary/aromatic N) is 2. The maximum Gasteiger partial charge on any atom is 0.275 e. The summed E-state index contributed by atoms with van der Waals surface area (Å²) in [7, 11) is 1.40. The fourth-order valence-corrected chi connectivity index (χ4v) is 2.48. The summed E-state index contributed by atoms with van der Waals surface area (Å²) in [5.41, 5.74) is 2.39. The first-order valence-corrected chi connectivity index (χ1v) is 8.16. The van der Waals surface area contributed by atoms with Crippen LogP contribution in [0.4, 0.5) is 0 Å². The lowest BCUT2D eigenvalue weighted by Crippen LogP contribution is -2.29. The minimum atomic E-state index is -0.410. The van der Waals surface area contributed by atoms with Crippen molar-refractivity contribution in [2.45, 2.75) is 13.5 Å². The van der Waals surface area contributed by atoms with Gasteiger partial charge in [-0.2, -0.15) is 9.78 Å². The molecule has 2 aromatic carbocycles. The van der Waals surface area contributed by atoms with Gasteiger partial charge in [-0.1, -0.05) is 48.0 Å². The highest BCUT2D eigenvalue weighted by molar-refractivity contribution is 5.94. The van der Waals surface area contributed by atoms with Gasteiger partial charge in [0, 0.05) is 6.54 Å². The second kappa shape index (κ2) is 7.65. The molecule has 0 aliphatic rings. The van der Waals surface area contributed by atoms with E-state index < -0.39 is 5.91 Å². The number of ether oxygens (including phenoxy) is 1. The molecule has 0 atom stereocenters. The van der Waals surface area contributed by atoms with Crippen molar-refractivity contribution in [2.75, 3.05) is 7.11 Å². The van der Waals surface area contributed by atoms with Gasteiger partial charge in [0.15, 0.2) is 11.4 Å². The van der Waals surface area contributed by atoms with Crippen LogP contribution in [0.3, 0.4) is 0 Å². The van der Waals surface area contributed by atoms with Crippen LogP contribution in [0.2, 0.25) is 0 Å². The van der Waals surface area contributed by atoms with Crippen molar-refractivity contribution in [1.29, 1.82) is 0 Å². The van der Waals surface area contributed by atoms with Crippen molar-refractivity contribution in [3.05, 3.63) is 87.8 Å². The van der Waals surface area contributed by atoms with Gasteiger partial charge in [-0.3, -0.25) is 9.59 Å². The van der Waals surface area contributed by atoms with E-state index in [1.807, 2.05) is 37.3 Å². The molecule has 0 aliphatic carbocycles. The normalized spacial score (nSPS) is 10.4. The second-order valence-electron chi connectivity index (χ2n) is 5.82. The number of benzene rings is 2. The van der Waals surface area contributed by atoms with Crippen LogP contribution < -0.4 is 15.6 Å². The molecular formula is C20H19N3O3. The Balaban J connectivity index is 1.88. The minimum absolute atomic E-state index is 0.0584. The lowest BCUT2D eigenvalue weighted by atomic mass is 10.1. The zero-order valence-electron chi connectivity index (χ0n) is 14.6. The summed E-state index contributed by atoms with van der Waals surface area (Å²) in [4.78, 5) is 24.9. The van der Waals surface area contributed by atoms with Crippen LogP contribution in [0, 0.1) is 6.92 Å². The number of rotatable bonds is 5. The van der Waals surface area contributed by atoms with Gasteiger partial charge in [-0.05, 0) is 24.6 Å². The van der Waals surface area contributed by atoms with Gasteiger partial charge in [0.2, 0.25) is 0 Å². The fraction of sp³-hybridized carbons (Fsp3) is 0.150. The molecule has 0 unspecified atom stereocenters. The van der Waals surface area contributed by atoms with Crippen molar-refractivity contribution in [1.82, 2.24) is 15.1 Å². The first kappa shape index (κ1) is 17.4. The van der Waals surface area contributed by atoms with Crippen LogP contribution in [-0.2, 0) is 6.54 Å². The van der Waals surface area contributed by atoms with Gasteiger partial charge >= 0.3 is 0 Å². The van der Waals surface area contributed by atoms with Crippen molar-refractivity contribution < 1.29 is 9.53 Å². The molecule has 0 radical (unpaired) electrons. The lowest BCUT2D eigenvalue weighted by molar-refractivity contribution is 0.0940. The van der Waals surface area contributed by atoms with E-state index in [1.54, 1.807) is 24.3 Å². The lowest BCUT2D eigenvalue weighted by Gasteiger charge is -2.11. The van der Waals surface area contributed by atoms with Gasteiger partial charge in [-0.15, -0.1) is 0 Å². The van der Waals surface area contributed by atoms with Crippen molar-refractivity contribution in [3.63, 3.8) is 0 Å². The Morgan fingerprint density at radius 2 is 1.81 bits per heavy atom. The Kier molecular flexibility index (Phi) is 5.12. The molecule has 1 heterocycles. The Bertz CT molecular complexity index is 964. The molecule has 26 heavy (non-hydrogen) atoms. The van der Waals surface area contributed by atoms with Gasteiger partial charge in [0.1, 0.15) is 0 Å². The van der Waals surface area contributed by atoms with Gasteiger partial charge in [0.05, 0.1) is 18.9 Å². The van der Waals surface area contributed by atoms with Crippen molar-refractivity contribution in [2.24, 2.45) is 0 Å². The van der Waals surface area contributed by atoms with Crippen LogP contribution in [0.1, 0.15) is 21.6 Å². The Hall–Kier alpha value is -3.41. The standard InChI is InChI=1S/C20H19N3O3/c1-14-8-10-15(11-9-14)13-21-20(25)19-17(26-2)12-18(24)23(22-19)16-6-4-3-5-7-16/h3-12H,13H2,1-2H3,(H,21,25). The molecule has 0 bridgehead atoms. The third-order valence-corrected chi connectivity index (χ3v) is 3.91. The molecule has 0 fully saturated rings. The van der Waals surface area contributed by atoms with E-state index >= 15 is 0 Å². The number of carbonyl (C=O) groups excluding carboxylic acids is 1. The van der Waals surface area contributed by atoms with Gasteiger partial charge in [-0.25, -0.2) is 0 Å². The fourth-order valence-electron chi connectivity index (χ4n) is 2.48. The number of hydrogen-bond donors (Lipinski definition) is 1. The smallest absolute Gasteiger partial charge is 0.275 e. The third-order valence-electron chi connectivity index (χ3n) is 3.91. The van der Waals surface area contributed by atoms with Crippen LogP contribution in [0.5, 0.6) is 5.75 Å². The van der Waals surface area contributed by atoms with Crippen molar-refractivity contribution in [3.8, 4) is 11.4 Å². The van der Waals surface area contributed by atoms with Crippen LogP contribution >= 0.6 is 0 Å². The zero-order chi connectivity index (χ0) is 18.5. The number of aromatic nitrogens is 2. The van der Waals surface area contributed by atoms with Crippen LogP contribution in [-0.4, -0.2) is 22.8 Å². The number of methoxy groups -OCH3 is 1. The van der Waals surface area contributed by atoms with E-state index in [4.69, 9.17) is 4.74 Å². The number of aryl methyl sites for hydroxylation is 1. The summed E-state index contributed by atoms with van der Waals surface area (Å²) in [6, 6.07) is 18.1. The SMILES string of the molecule is COc1cc(=O)n(-c2ccccc2)nc1C(=O)NCc1ccc(C)cc1. The summed E-state index contributed by atoms with van der Waals surface area (Å²) in [6.45, 7) is 2.36. The van der Waals surface area contributed by atoms with E-state index in [2.05, 4.69) is 10.4 Å². The highest BCUT2D eigenvalue weighted by Gasteiger charge is 2.17. The maximum atomic E-state index is 12.6. The van der Waals surface area contributed by atoms with Crippen LogP contribution in [0.15, 0.2) is 65.5 Å². The maximum absolute atomic E-state index is 12.6. The number of nitrogens with one attached hydrogen (secondary N) is 1. The number of amides is 1. The summed E-state index contributed by atoms with van der Waals surface area (Å²) in [6.07, 6.45) is 0. The van der Waals surface area contributed by atoms with E-state index in [0.717, 1.165) is 11.1 Å². The molecule has 132 valence electrons. The molecule has 6 heteroatoms. The summed E-state index contributed by atoms with van der Waals surface area (Å²) >= 11 is 0. The summed E-state index contributed by atoms with van der Waals surface area (Å²) < 4.78 is 6.35.